The van der Waals surface area contributed by atoms with Gasteiger partial charge in [-0.15, -0.1) is 0 Å². The molecule has 0 heterocycles. The second-order valence-electron chi connectivity index (χ2n) is 5.94. The van der Waals surface area contributed by atoms with Crippen LogP contribution in [0.2, 0.25) is 0 Å². The number of methoxy groups -OCH3 is 2. The maximum Gasteiger partial charge on any atom is 0.348 e. The number of ether oxygens (including phenoxy) is 4. The van der Waals surface area contributed by atoms with Gasteiger partial charge in [-0.1, -0.05) is 22.0 Å². The van der Waals surface area contributed by atoms with E-state index in [4.69, 9.17) is 24.2 Å². The van der Waals surface area contributed by atoms with Gasteiger partial charge >= 0.3 is 11.9 Å². The van der Waals surface area contributed by atoms with Gasteiger partial charge in [0.2, 0.25) is 0 Å². The molecular weight excluding hydrogens is 466 g/mol. The summed E-state index contributed by atoms with van der Waals surface area (Å²) in [5.41, 5.74) is 1.06. The van der Waals surface area contributed by atoms with E-state index in [1.54, 1.807) is 50.4 Å². The molecule has 2 aromatic rings. The molecule has 0 aliphatic heterocycles. The predicted octanol–water partition coefficient (Wildman–Crippen LogP) is 4.56. The maximum atomic E-state index is 12.3. The zero-order chi connectivity index (χ0) is 22.8. The molecule has 2 aromatic carbocycles. The minimum absolute atomic E-state index is 0.153. The van der Waals surface area contributed by atoms with E-state index in [1.807, 2.05) is 6.07 Å². The largest absolute Gasteiger partial charge is 0.496 e. The fourth-order valence-electron chi connectivity index (χ4n) is 2.51. The van der Waals surface area contributed by atoms with Gasteiger partial charge in [0, 0.05) is 16.1 Å². The first-order valence-corrected chi connectivity index (χ1v) is 9.91. The van der Waals surface area contributed by atoms with E-state index in [2.05, 4.69) is 15.9 Å². The van der Waals surface area contributed by atoms with Crippen LogP contribution in [0.4, 0.5) is 0 Å². The summed E-state index contributed by atoms with van der Waals surface area (Å²) in [5.74, 6) is -0.279. The van der Waals surface area contributed by atoms with Gasteiger partial charge in [-0.25, -0.2) is 9.59 Å². The Morgan fingerprint density at radius 3 is 2.42 bits per heavy atom. The Morgan fingerprint density at radius 1 is 1.06 bits per heavy atom. The van der Waals surface area contributed by atoms with Gasteiger partial charge in [-0.3, -0.25) is 0 Å². The molecule has 0 aliphatic rings. The molecule has 31 heavy (non-hydrogen) atoms. The van der Waals surface area contributed by atoms with E-state index in [9.17, 15) is 9.59 Å². The number of halogens is 1. The normalized spacial score (nSPS) is 11.0. The molecule has 160 valence electrons. The number of nitriles is 1. The highest BCUT2D eigenvalue weighted by Gasteiger charge is 2.13. The van der Waals surface area contributed by atoms with E-state index in [0.29, 0.717) is 16.9 Å². The van der Waals surface area contributed by atoms with E-state index >= 15 is 0 Å². The Balaban J connectivity index is 2.20. The van der Waals surface area contributed by atoms with Crippen molar-refractivity contribution in [3.8, 4) is 23.3 Å². The van der Waals surface area contributed by atoms with Gasteiger partial charge < -0.3 is 18.9 Å². The van der Waals surface area contributed by atoms with Crippen LogP contribution in [0.25, 0.3) is 12.2 Å². The molecule has 0 aromatic heterocycles. The summed E-state index contributed by atoms with van der Waals surface area (Å²) in [7, 11) is 2.96. The molecule has 0 N–H and O–H groups in total. The van der Waals surface area contributed by atoms with Crippen LogP contribution < -0.4 is 14.2 Å². The minimum atomic E-state index is -0.715. The molecule has 0 saturated heterocycles. The van der Waals surface area contributed by atoms with Crippen LogP contribution >= 0.6 is 15.9 Å². The maximum absolute atomic E-state index is 12.3. The van der Waals surface area contributed by atoms with Crippen molar-refractivity contribution < 1.29 is 28.5 Å². The lowest BCUT2D eigenvalue weighted by Gasteiger charge is -2.09. The molecule has 0 radical (unpaired) electrons. The zero-order valence-corrected chi connectivity index (χ0v) is 18.8. The van der Waals surface area contributed by atoms with Gasteiger partial charge in [0.1, 0.15) is 17.4 Å². The van der Waals surface area contributed by atoms with Crippen LogP contribution in [-0.2, 0) is 14.3 Å². The standard InChI is InChI=1S/C23H20BrNO6/c1-4-30-23(27)17(14-25)11-15-5-8-20(21(12-15)29-3)31-22(26)10-6-16-13-18(24)7-9-19(16)28-2/h5-13H,4H2,1-3H3/b10-6+,17-11+. The molecule has 0 bridgehead atoms. The minimum Gasteiger partial charge on any atom is -0.496 e. The molecule has 0 unspecified atom stereocenters. The third-order valence-electron chi connectivity index (χ3n) is 3.92. The molecule has 2 rings (SSSR count). The number of rotatable bonds is 8. The first kappa shape index (κ1) is 23.7. The topological polar surface area (TPSA) is 94.9 Å². The molecule has 0 atom stereocenters. The summed E-state index contributed by atoms with van der Waals surface area (Å²) in [6.07, 6.45) is 4.21. The second-order valence-corrected chi connectivity index (χ2v) is 6.86. The van der Waals surface area contributed by atoms with Gasteiger partial charge in [0.25, 0.3) is 0 Å². The van der Waals surface area contributed by atoms with Gasteiger partial charge in [-0.2, -0.15) is 5.26 Å². The Morgan fingerprint density at radius 2 is 1.77 bits per heavy atom. The van der Waals surface area contributed by atoms with Crippen molar-refractivity contribution in [3.05, 3.63) is 63.6 Å². The van der Waals surface area contributed by atoms with Gasteiger partial charge in [0.15, 0.2) is 11.5 Å². The Bertz CT molecular complexity index is 1070. The predicted molar refractivity (Wildman–Crippen MR) is 119 cm³/mol. The number of nitrogens with zero attached hydrogens (tertiary/aromatic N) is 1. The molecule has 0 saturated carbocycles. The molecule has 8 heteroatoms. The summed E-state index contributed by atoms with van der Waals surface area (Å²) in [4.78, 5) is 24.0. The quantitative estimate of drug-likeness (QED) is 0.234. The highest BCUT2D eigenvalue weighted by atomic mass is 79.9. The van der Waals surface area contributed by atoms with Crippen LogP contribution in [0.1, 0.15) is 18.1 Å². The summed E-state index contributed by atoms with van der Waals surface area (Å²) in [6, 6.07) is 11.8. The van der Waals surface area contributed by atoms with Crippen LogP contribution in [0, 0.1) is 11.3 Å². The first-order valence-electron chi connectivity index (χ1n) is 9.12. The SMILES string of the molecule is CCOC(=O)/C(C#N)=C/c1ccc(OC(=O)/C=C/c2cc(Br)ccc2OC)c(OC)c1. The lowest BCUT2D eigenvalue weighted by molar-refractivity contribution is -0.138. The van der Waals surface area contributed by atoms with E-state index in [-0.39, 0.29) is 23.7 Å². The number of hydrogen-bond acceptors (Lipinski definition) is 7. The van der Waals surface area contributed by atoms with Crippen molar-refractivity contribution >= 4 is 40.0 Å². The molecule has 0 amide bonds. The molecule has 0 spiro atoms. The summed E-state index contributed by atoms with van der Waals surface area (Å²) >= 11 is 3.38. The van der Waals surface area contributed by atoms with Crippen molar-refractivity contribution in [2.24, 2.45) is 0 Å². The lowest BCUT2D eigenvalue weighted by Crippen LogP contribution is -2.06. The van der Waals surface area contributed by atoms with Crippen molar-refractivity contribution in [2.45, 2.75) is 6.92 Å². The van der Waals surface area contributed by atoms with Crippen molar-refractivity contribution in [1.82, 2.24) is 0 Å². The van der Waals surface area contributed by atoms with Crippen LogP contribution in [0.5, 0.6) is 17.2 Å². The Kier molecular flexibility index (Phi) is 8.85. The number of hydrogen-bond donors (Lipinski definition) is 0. The van der Waals surface area contributed by atoms with Crippen molar-refractivity contribution in [1.29, 1.82) is 5.26 Å². The number of benzene rings is 2. The van der Waals surface area contributed by atoms with Gasteiger partial charge in [0.05, 0.1) is 20.8 Å². The van der Waals surface area contributed by atoms with Gasteiger partial charge in [-0.05, 0) is 55.0 Å². The van der Waals surface area contributed by atoms with Crippen LogP contribution in [-0.4, -0.2) is 32.8 Å². The number of carbonyl (C=O) groups is 2. The first-order chi connectivity index (χ1) is 14.9. The lowest BCUT2D eigenvalue weighted by atomic mass is 10.1. The highest BCUT2D eigenvalue weighted by molar-refractivity contribution is 9.10. The fourth-order valence-corrected chi connectivity index (χ4v) is 2.89. The fraction of sp³-hybridized carbons (Fsp3) is 0.174. The summed E-state index contributed by atoms with van der Waals surface area (Å²) in [5, 5.41) is 9.15. The Labute approximate surface area is 188 Å². The van der Waals surface area contributed by atoms with E-state index < -0.39 is 11.9 Å². The zero-order valence-electron chi connectivity index (χ0n) is 17.2. The number of carbonyl (C=O) groups excluding carboxylic acids is 2. The third-order valence-corrected chi connectivity index (χ3v) is 4.41. The average molecular weight is 486 g/mol. The summed E-state index contributed by atoms with van der Waals surface area (Å²) < 4.78 is 21.6. The Hall–Kier alpha value is -3.57. The number of esters is 2. The molecule has 0 fully saturated rings. The van der Waals surface area contributed by atoms with Crippen molar-refractivity contribution in [3.63, 3.8) is 0 Å². The molecule has 0 aliphatic carbocycles. The average Bonchev–Trinajstić information content (AvgIpc) is 2.77. The van der Waals surface area contributed by atoms with E-state index in [1.165, 1.54) is 25.3 Å². The van der Waals surface area contributed by atoms with E-state index in [0.717, 1.165) is 4.47 Å². The molecule has 7 nitrogen and oxygen atoms in total. The smallest absolute Gasteiger partial charge is 0.348 e. The third kappa shape index (κ3) is 6.73. The van der Waals surface area contributed by atoms with Crippen LogP contribution in [0.3, 0.4) is 0 Å². The monoisotopic (exact) mass is 485 g/mol. The second kappa shape index (κ2) is 11.6. The summed E-state index contributed by atoms with van der Waals surface area (Å²) in [6.45, 7) is 1.82. The highest BCUT2D eigenvalue weighted by Crippen LogP contribution is 2.30. The van der Waals surface area contributed by atoms with Crippen LogP contribution in [0.15, 0.2) is 52.5 Å². The molecular formula is C23H20BrNO6. The van der Waals surface area contributed by atoms with Crippen molar-refractivity contribution in [2.75, 3.05) is 20.8 Å².